The van der Waals surface area contributed by atoms with Gasteiger partial charge >= 0.3 is 11.7 Å². The van der Waals surface area contributed by atoms with Crippen LogP contribution in [0.4, 0.5) is 5.69 Å². The van der Waals surface area contributed by atoms with E-state index >= 15 is 0 Å². The molecule has 0 spiro atoms. The van der Waals surface area contributed by atoms with Crippen LogP contribution in [0.3, 0.4) is 0 Å². The van der Waals surface area contributed by atoms with Crippen LogP contribution in [0, 0.1) is 10.1 Å². The first-order chi connectivity index (χ1) is 15.4. The van der Waals surface area contributed by atoms with Crippen LogP contribution < -0.4 is 4.74 Å². The van der Waals surface area contributed by atoms with Gasteiger partial charge in [-0.1, -0.05) is 17.7 Å². The van der Waals surface area contributed by atoms with Gasteiger partial charge in [-0.25, -0.2) is 4.79 Å². The number of rotatable bonds is 7. The van der Waals surface area contributed by atoms with E-state index in [9.17, 15) is 14.9 Å². The number of hydrogen-bond acceptors (Lipinski definition) is 7. The molecular formula is C23H24ClNO7. The second-order valence-corrected chi connectivity index (χ2v) is 8.27. The fourth-order valence-corrected chi connectivity index (χ4v) is 4.65. The van der Waals surface area contributed by atoms with E-state index in [1.807, 2.05) is 18.2 Å². The zero-order valence-corrected chi connectivity index (χ0v) is 18.4. The third-order valence-corrected chi connectivity index (χ3v) is 6.13. The molecule has 0 unspecified atom stereocenters. The Morgan fingerprint density at radius 3 is 2.75 bits per heavy atom. The summed E-state index contributed by atoms with van der Waals surface area (Å²) in [6.45, 7) is 2.92. The Balaban J connectivity index is 1.67. The zero-order chi connectivity index (χ0) is 22.7. The Morgan fingerprint density at radius 2 is 2.03 bits per heavy atom. The van der Waals surface area contributed by atoms with Gasteiger partial charge in [-0.15, -0.1) is 0 Å². The van der Waals surface area contributed by atoms with Crippen LogP contribution in [-0.4, -0.2) is 43.6 Å². The lowest BCUT2D eigenvalue weighted by atomic mass is 9.69. The fourth-order valence-electron chi connectivity index (χ4n) is 4.45. The van der Waals surface area contributed by atoms with Gasteiger partial charge in [0.05, 0.1) is 35.7 Å². The molecule has 1 heterocycles. The van der Waals surface area contributed by atoms with Gasteiger partial charge in [-0.2, -0.15) is 0 Å². The number of carbonyl (C=O) groups excluding carboxylic acids is 1. The highest BCUT2D eigenvalue weighted by atomic mass is 35.5. The minimum absolute atomic E-state index is 0.0708. The predicted molar refractivity (Wildman–Crippen MR) is 116 cm³/mol. The molecule has 0 aromatic heterocycles. The smallest absolute Gasteiger partial charge is 0.338 e. The van der Waals surface area contributed by atoms with Crippen LogP contribution in [0.25, 0.3) is 0 Å². The first-order valence-corrected chi connectivity index (χ1v) is 10.9. The molecule has 0 bridgehead atoms. The van der Waals surface area contributed by atoms with E-state index in [1.165, 1.54) is 18.2 Å². The number of hydrogen-bond donors (Lipinski definition) is 0. The molecule has 0 N–H and O–H groups in total. The number of nitrogens with zero attached hydrogens (tertiary/aromatic N) is 1. The quantitative estimate of drug-likeness (QED) is 0.341. The SMILES string of the molecule is CCOC(=O)c1ccc(OC[C@@]2(C3OCCO3)CCCc3cc(Cl)ccc32)c([N+](=O)[O-])c1. The maximum absolute atomic E-state index is 12.0. The summed E-state index contributed by atoms with van der Waals surface area (Å²) in [6.07, 6.45) is 1.96. The van der Waals surface area contributed by atoms with Gasteiger partial charge in [0.25, 0.3) is 0 Å². The van der Waals surface area contributed by atoms with Crippen molar-refractivity contribution in [3.05, 3.63) is 68.2 Å². The number of aryl methyl sites for hydroxylation is 1. The van der Waals surface area contributed by atoms with Crippen molar-refractivity contribution in [2.24, 2.45) is 0 Å². The Labute approximate surface area is 190 Å². The van der Waals surface area contributed by atoms with E-state index in [0.29, 0.717) is 18.2 Å². The van der Waals surface area contributed by atoms with Crippen LogP contribution in [0.1, 0.15) is 41.3 Å². The summed E-state index contributed by atoms with van der Waals surface area (Å²) in [6, 6.07) is 9.80. The molecule has 2 aromatic carbocycles. The number of nitro groups is 1. The highest BCUT2D eigenvalue weighted by Crippen LogP contribution is 2.44. The Hall–Kier alpha value is -2.68. The van der Waals surface area contributed by atoms with Crippen molar-refractivity contribution < 1.29 is 28.7 Å². The van der Waals surface area contributed by atoms with Crippen LogP contribution in [0.2, 0.25) is 5.02 Å². The predicted octanol–water partition coefficient (Wildman–Crippen LogP) is 4.45. The number of halogens is 1. The lowest BCUT2D eigenvalue weighted by molar-refractivity contribution is -0.386. The van der Waals surface area contributed by atoms with E-state index in [2.05, 4.69) is 0 Å². The molecule has 0 amide bonds. The zero-order valence-electron chi connectivity index (χ0n) is 17.7. The first-order valence-electron chi connectivity index (χ1n) is 10.5. The second-order valence-electron chi connectivity index (χ2n) is 7.83. The van der Waals surface area contributed by atoms with Gasteiger partial charge in [0.1, 0.15) is 6.61 Å². The third kappa shape index (κ3) is 4.30. The minimum Gasteiger partial charge on any atom is -0.486 e. The van der Waals surface area contributed by atoms with Crippen molar-refractivity contribution in [1.29, 1.82) is 0 Å². The van der Waals surface area contributed by atoms with Gasteiger partial charge in [-0.05, 0) is 61.6 Å². The molecule has 0 radical (unpaired) electrons. The van der Waals surface area contributed by atoms with E-state index in [1.54, 1.807) is 6.92 Å². The summed E-state index contributed by atoms with van der Waals surface area (Å²) in [5.41, 5.74) is 1.28. The van der Waals surface area contributed by atoms with E-state index in [0.717, 1.165) is 30.4 Å². The summed E-state index contributed by atoms with van der Waals surface area (Å²) >= 11 is 6.21. The van der Waals surface area contributed by atoms with Crippen LogP contribution >= 0.6 is 11.6 Å². The van der Waals surface area contributed by atoms with Crippen LogP contribution in [0.5, 0.6) is 5.75 Å². The van der Waals surface area contributed by atoms with Crippen molar-refractivity contribution >= 4 is 23.3 Å². The highest BCUT2D eigenvalue weighted by Gasteiger charge is 2.48. The molecule has 4 rings (SSSR count). The first kappa shape index (κ1) is 22.5. The number of fused-ring (bicyclic) bond motifs is 1. The molecule has 8 nitrogen and oxygen atoms in total. The number of benzene rings is 2. The molecule has 2 aromatic rings. The van der Waals surface area contributed by atoms with Gasteiger partial charge in [0.15, 0.2) is 12.0 Å². The van der Waals surface area contributed by atoms with Crippen LogP contribution in [0.15, 0.2) is 36.4 Å². The lowest BCUT2D eigenvalue weighted by Crippen LogP contribution is -2.47. The Bertz CT molecular complexity index is 1020. The molecule has 0 saturated carbocycles. The normalized spacial score (nSPS) is 20.6. The van der Waals surface area contributed by atoms with E-state index in [4.69, 9.17) is 30.5 Å². The molecule has 170 valence electrons. The van der Waals surface area contributed by atoms with Crippen molar-refractivity contribution in [3.8, 4) is 5.75 Å². The van der Waals surface area contributed by atoms with Gasteiger partial charge in [-0.3, -0.25) is 10.1 Å². The largest absolute Gasteiger partial charge is 0.486 e. The maximum Gasteiger partial charge on any atom is 0.338 e. The van der Waals surface area contributed by atoms with Crippen molar-refractivity contribution in [2.45, 2.75) is 37.9 Å². The average Bonchev–Trinajstić information content (AvgIpc) is 3.33. The minimum atomic E-state index is -0.637. The molecule has 1 atom stereocenters. The molecule has 1 saturated heterocycles. The number of esters is 1. The summed E-state index contributed by atoms with van der Waals surface area (Å²) in [4.78, 5) is 23.1. The van der Waals surface area contributed by atoms with Gasteiger partial charge < -0.3 is 18.9 Å². The Morgan fingerprint density at radius 1 is 1.25 bits per heavy atom. The summed E-state index contributed by atoms with van der Waals surface area (Å²) < 4.78 is 22.8. The van der Waals surface area contributed by atoms with Crippen LogP contribution in [-0.2, 0) is 26.0 Å². The maximum atomic E-state index is 12.0. The monoisotopic (exact) mass is 461 g/mol. The molecular weight excluding hydrogens is 438 g/mol. The fraction of sp³-hybridized carbons (Fsp3) is 0.435. The molecule has 1 fully saturated rings. The van der Waals surface area contributed by atoms with Gasteiger partial charge in [0.2, 0.25) is 0 Å². The molecule has 1 aliphatic carbocycles. The summed E-state index contributed by atoms with van der Waals surface area (Å²) in [7, 11) is 0. The summed E-state index contributed by atoms with van der Waals surface area (Å²) in [5.74, 6) is -0.550. The van der Waals surface area contributed by atoms with Gasteiger partial charge in [0, 0.05) is 11.1 Å². The van der Waals surface area contributed by atoms with Crippen molar-refractivity contribution in [2.75, 3.05) is 26.4 Å². The highest BCUT2D eigenvalue weighted by molar-refractivity contribution is 6.30. The van der Waals surface area contributed by atoms with E-state index in [-0.39, 0.29) is 30.2 Å². The van der Waals surface area contributed by atoms with Crippen molar-refractivity contribution in [1.82, 2.24) is 0 Å². The Kier molecular flexibility index (Phi) is 6.64. The van der Waals surface area contributed by atoms with E-state index < -0.39 is 22.6 Å². The molecule has 1 aliphatic heterocycles. The standard InChI is InChI=1S/C23H24ClNO7/c1-2-29-21(26)16-5-8-20(19(13-16)25(27)28)32-14-23(22-30-10-11-31-22)9-3-4-15-12-17(24)6-7-18(15)23/h5-8,12-13,22H,2-4,9-11,14H2,1H3/t23-/m0/s1. The number of ether oxygens (including phenoxy) is 4. The number of carbonyl (C=O) groups is 1. The number of nitro benzene ring substituents is 1. The average molecular weight is 462 g/mol. The topological polar surface area (TPSA) is 97.1 Å². The summed E-state index contributed by atoms with van der Waals surface area (Å²) in [5, 5.41) is 12.3. The second kappa shape index (κ2) is 9.44. The van der Waals surface area contributed by atoms with Crippen molar-refractivity contribution in [3.63, 3.8) is 0 Å². The molecule has 32 heavy (non-hydrogen) atoms. The third-order valence-electron chi connectivity index (χ3n) is 5.90. The molecule has 9 heteroatoms. The lowest BCUT2D eigenvalue weighted by Gasteiger charge is -2.41. The molecule has 2 aliphatic rings.